The summed E-state index contributed by atoms with van der Waals surface area (Å²) in [4.78, 5) is 38.6. The summed E-state index contributed by atoms with van der Waals surface area (Å²) in [7, 11) is 0. The predicted octanol–water partition coefficient (Wildman–Crippen LogP) is 1.82. The average molecular weight is 433 g/mol. The molecule has 2 saturated heterocycles. The maximum absolute atomic E-state index is 13.1. The highest BCUT2D eigenvalue weighted by atomic mass is 16.2. The Morgan fingerprint density at radius 3 is 2.53 bits per heavy atom. The molecule has 3 N–H and O–H groups in total. The van der Waals surface area contributed by atoms with E-state index in [1.165, 1.54) is 5.56 Å². The SMILES string of the molecule is O=C1CCC(N2Cc3c(CNC4(c5ccccc5)CCNCC4)cccc3C2=O)C(=O)N1. The third-order valence-electron chi connectivity index (χ3n) is 7.08. The van der Waals surface area contributed by atoms with E-state index in [2.05, 4.69) is 46.3 Å². The third-order valence-corrected chi connectivity index (χ3v) is 7.08. The monoisotopic (exact) mass is 432 g/mol. The average Bonchev–Trinajstić information content (AvgIpc) is 3.16. The van der Waals surface area contributed by atoms with Crippen LogP contribution in [-0.4, -0.2) is 41.8 Å². The topological polar surface area (TPSA) is 90.5 Å². The van der Waals surface area contributed by atoms with Crippen molar-refractivity contribution in [2.75, 3.05) is 13.1 Å². The van der Waals surface area contributed by atoms with E-state index < -0.39 is 6.04 Å². The molecule has 0 aliphatic carbocycles. The number of imide groups is 1. The van der Waals surface area contributed by atoms with Crippen LogP contribution in [0.5, 0.6) is 0 Å². The second kappa shape index (κ2) is 8.48. The van der Waals surface area contributed by atoms with Gasteiger partial charge in [-0.05, 0) is 55.1 Å². The minimum Gasteiger partial charge on any atom is -0.322 e. The van der Waals surface area contributed by atoms with Crippen LogP contribution in [0.15, 0.2) is 48.5 Å². The van der Waals surface area contributed by atoms with Crippen molar-refractivity contribution >= 4 is 17.7 Å². The van der Waals surface area contributed by atoms with Gasteiger partial charge in [0.15, 0.2) is 0 Å². The van der Waals surface area contributed by atoms with Gasteiger partial charge in [-0.2, -0.15) is 0 Å². The molecular formula is C25H28N4O3. The van der Waals surface area contributed by atoms with Crippen LogP contribution in [0.2, 0.25) is 0 Å². The second-order valence-corrected chi connectivity index (χ2v) is 8.89. The number of benzene rings is 2. The van der Waals surface area contributed by atoms with E-state index in [1.807, 2.05) is 18.2 Å². The summed E-state index contributed by atoms with van der Waals surface area (Å²) < 4.78 is 0. The van der Waals surface area contributed by atoms with Gasteiger partial charge in [0.2, 0.25) is 11.8 Å². The number of amides is 3. The lowest BCUT2D eigenvalue weighted by molar-refractivity contribution is -0.136. The molecule has 7 nitrogen and oxygen atoms in total. The van der Waals surface area contributed by atoms with Gasteiger partial charge in [-0.3, -0.25) is 19.7 Å². The molecule has 2 aromatic rings. The van der Waals surface area contributed by atoms with Crippen molar-refractivity contribution in [2.45, 2.75) is 50.4 Å². The Morgan fingerprint density at radius 1 is 1.00 bits per heavy atom. The normalized spacial score (nSPS) is 22.6. The lowest BCUT2D eigenvalue weighted by Crippen LogP contribution is -2.52. The Kier molecular flexibility index (Phi) is 5.53. The summed E-state index contributed by atoms with van der Waals surface area (Å²) in [5.41, 5.74) is 3.90. The van der Waals surface area contributed by atoms with E-state index in [9.17, 15) is 14.4 Å². The maximum atomic E-state index is 13.1. The molecule has 0 bridgehead atoms. The minimum absolute atomic E-state index is 0.110. The van der Waals surface area contributed by atoms with E-state index in [1.54, 1.807) is 4.90 Å². The highest BCUT2D eigenvalue weighted by Gasteiger charge is 2.40. The smallest absolute Gasteiger partial charge is 0.255 e. The zero-order valence-corrected chi connectivity index (χ0v) is 18.0. The molecular weight excluding hydrogens is 404 g/mol. The lowest BCUT2D eigenvalue weighted by Gasteiger charge is -2.39. The summed E-state index contributed by atoms with van der Waals surface area (Å²) in [6, 6.07) is 15.8. The van der Waals surface area contributed by atoms with E-state index >= 15 is 0 Å². The number of carbonyl (C=O) groups is 3. The van der Waals surface area contributed by atoms with Gasteiger partial charge in [-0.25, -0.2) is 0 Å². The van der Waals surface area contributed by atoms with Crippen LogP contribution in [0.25, 0.3) is 0 Å². The molecule has 3 aliphatic rings. The number of piperidine rings is 2. The van der Waals surface area contributed by atoms with Gasteiger partial charge in [-0.1, -0.05) is 42.5 Å². The zero-order chi connectivity index (χ0) is 22.1. The van der Waals surface area contributed by atoms with Gasteiger partial charge >= 0.3 is 0 Å². The molecule has 3 heterocycles. The van der Waals surface area contributed by atoms with Crippen molar-refractivity contribution in [3.8, 4) is 0 Å². The molecule has 0 saturated carbocycles. The fourth-order valence-electron chi connectivity index (χ4n) is 5.26. The Hall–Kier alpha value is -3.03. The van der Waals surface area contributed by atoms with Gasteiger partial charge in [0, 0.05) is 30.6 Å². The number of nitrogens with zero attached hydrogens (tertiary/aromatic N) is 1. The standard InChI is InChI=1S/C25H28N4O3/c30-22-10-9-21(23(31)28-22)29-16-20-17(5-4-8-19(20)24(29)32)15-27-25(11-13-26-14-12-25)18-6-2-1-3-7-18/h1-8,21,26-27H,9-16H2,(H,28,30,31). The van der Waals surface area contributed by atoms with Crippen LogP contribution in [0.3, 0.4) is 0 Å². The quantitative estimate of drug-likeness (QED) is 0.627. The van der Waals surface area contributed by atoms with E-state index in [4.69, 9.17) is 0 Å². The molecule has 0 radical (unpaired) electrons. The third kappa shape index (κ3) is 3.72. The molecule has 1 atom stereocenters. The number of carbonyl (C=O) groups excluding carboxylic acids is 3. The van der Waals surface area contributed by atoms with Crippen LogP contribution in [-0.2, 0) is 28.2 Å². The molecule has 166 valence electrons. The zero-order valence-electron chi connectivity index (χ0n) is 18.0. The highest BCUT2D eigenvalue weighted by molar-refractivity contribution is 6.05. The Bertz CT molecular complexity index is 1050. The van der Waals surface area contributed by atoms with Crippen molar-refractivity contribution in [1.82, 2.24) is 20.9 Å². The van der Waals surface area contributed by atoms with Crippen LogP contribution in [0, 0.1) is 0 Å². The van der Waals surface area contributed by atoms with Crippen molar-refractivity contribution in [3.05, 3.63) is 70.8 Å². The minimum atomic E-state index is -0.589. The second-order valence-electron chi connectivity index (χ2n) is 8.89. The number of fused-ring (bicyclic) bond motifs is 1. The number of hydrogen-bond acceptors (Lipinski definition) is 5. The summed E-state index contributed by atoms with van der Waals surface area (Å²) >= 11 is 0. The first-order valence-corrected chi connectivity index (χ1v) is 11.3. The molecule has 7 heteroatoms. The molecule has 0 spiro atoms. The van der Waals surface area contributed by atoms with Crippen LogP contribution < -0.4 is 16.0 Å². The van der Waals surface area contributed by atoms with E-state index in [-0.39, 0.29) is 29.7 Å². The fraction of sp³-hybridized carbons (Fsp3) is 0.400. The first-order valence-electron chi connectivity index (χ1n) is 11.3. The van der Waals surface area contributed by atoms with Crippen molar-refractivity contribution in [3.63, 3.8) is 0 Å². The Balaban J connectivity index is 1.38. The summed E-state index contributed by atoms with van der Waals surface area (Å²) in [6.45, 7) is 2.96. The van der Waals surface area contributed by atoms with Gasteiger partial charge in [0.1, 0.15) is 6.04 Å². The van der Waals surface area contributed by atoms with Crippen LogP contribution >= 0.6 is 0 Å². The summed E-state index contributed by atoms with van der Waals surface area (Å²) in [5, 5.41) is 9.65. The largest absolute Gasteiger partial charge is 0.322 e. The summed E-state index contributed by atoms with van der Waals surface area (Å²) in [5.74, 6) is -0.774. The predicted molar refractivity (Wildman–Crippen MR) is 120 cm³/mol. The molecule has 1 unspecified atom stereocenters. The molecule has 2 fully saturated rings. The molecule has 0 aromatic heterocycles. The molecule has 3 aliphatic heterocycles. The summed E-state index contributed by atoms with van der Waals surface area (Å²) in [6.07, 6.45) is 2.63. The lowest BCUT2D eigenvalue weighted by atomic mass is 9.81. The van der Waals surface area contributed by atoms with Crippen LogP contribution in [0.1, 0.15) is 52.7 Å². The van der Waals surface area contributed by atoms with Gasteiger partial charge in [0.25, 0.3) is 5.91 Å². The molecule has 2 aromatic carbocycles. The first kappa shape index (κ1) is 20.8. The molecule has 5 rings (SSSR count). The van der Waals surface area contributed by atoms with E-state index in [0.29, 0.717) is 25.1 Å². The maximum Gasteiger partial charge on any atom is 0.255 e. The van der Waals surface area contributed by atoms with Gasteiger partial charge in [-0.15, -0.1) is 0 Å². The van der Waals surface area contributed by atoms with Gasteiger partial charge in [0.05, 0.1) is 0 Å². The van der Waals surface area contributed by atoms with E-state index in [0.717, 1.165) is 37.1 Å². The van der Waals surface area contributed by atoms with Crippen LogP contribution in [0.4, 0.5) is 0 Å². The van der Waals surface area contributed by atoms with Gasteiger partial charge < -0.3 is 15.5 Å². The Labute approximate surface area is 187 Å². The first-order chi connectivity index (χ1) is 15.6. The number of rotatable bonds is 5. The van der Waals surface area contributed by atoms with Crippen molar-refractivity contribution in [1.29, 1.82) is 0 Å². The van der Waals surface area contributed by atoms with Crippen molar-refractivity contribution in [2.24, 2.45) is 0 Å². The highest BCUT2D eigenvalue weighted by Crippen LogP contribution is 2.33. The Morgan fingerprint density at radius 2 is 1.78 bits per heavy atom. The molecule has 32 heavy (non-hydrogen) atoms. The van der Waals surface area contributed by atoms with Crippen molar-refractivity contribution < 1.29 is 14.4 Å². The number of hydrogen-bond donors (Lipinski definition) is 3. The fourth-order valence-corrected chi connectivity index (χ4v) is 5.26. The molecule has 3 amide bonds. The number of nitrogens with one attached hydrogen (secondary N) is 3.